The lowest BCUT2D eigenvalue weighted by Gasteiger charge is -2.07. The molecular formula is C18H15NO5. The molecule has 0 saturated heterocycles. The molecule has 0 bridgehead atoms. The topological polar surface area (TPSA) is 77.8 Å². The van der Waals surface area contributed by atoms with Crippen molar-refractivity contribution in [2.45, 2.75) is 0 Å². The van der Waals surface area contributed by atoms with E-state index in [1.807, 2.05) is 0 Å². The van der Waals surface area contributed by atoms with Crippen molar-refractivity contribution in [3.05, 3.63) is 64.5 Å². The monoisotopic (exact) mass is 325 g/mol. The Morgan fingerprint density at radius 3 is 2.29 bits per heavy atom. The molecule has 1 heterocycles. The summed E-state index contributed by atoms with van der Waals surface area (Å²) in [5, 5.41) is 3.03. The molecule has 0 aliphatic carbocycles. The number of hydrogen-bond acceptors (Lipinski definition) is 5. The number of carbonyl (C=O) groups excluding carboxylic acids is 1. The van der Waals surface area contributed by atoms with E-state index in [1.54, 1.807) is 49.6 Å². The van der Waals surface area contributed by atoms with Crippen molar-refractivity contribution < 1.29 is 18.7 Å². The number of rotatable bonds is 4. The highest BCUT2D eigenvalue weighted by Crippen LogP contribution is 2.20. The summed E-state index contributed by atoms with van der Waals surface area (Å²) < 4.78 is 15.7. The van der Waals surface area contributed by atoms with Crippen molar-refractivity contribution in [3.8, 4) is 11.5 Å². The first kappa shape index (κ1) is 15.6. The van der Waals surface area contributed by atoms with Gasteiger partial charge in [0.2, 0.25) is 0 Å². The summed E-state index contributed by atoms with van der Waals surface area (Å²) in [6, 6.07) is 12.8. The van der Waals surface area contributed by atoms with Gasteiger partial charge >= 0.3 is 0 Å². The van der Waals surface area contributed by atoms with Gasteiger partial charge in [0.15, 0.2) is 11.2 Å². The summed E-state index contributed by atoms with van der Waals surface area (Å²) in [6.07, 6.45) is 0. The molecule has 6 heteroatoms. The molecular weight excluding hydrogens is 310 g/mol. The van der Waals surface area contributed by atoms with Crippen LogP contribution in [0, 0.1) is 0 Å². The number of anilines is 1. The minimum absolute atomic E-state index is 0.0616. The second-order valence-electron chi connectivity index (χ2n) is 5.02. The number of hydrogen-bond donors (Lipinski definition) is 1. The SMILES string of the molecule is COc1ccc(NC(=O)c2cc(=O)c3cc(OC)ccc3o2)cc1. The zero-order chi connectivity index (χ0) is 17.1. The fourth-order valence-electron chi connectivity index (χ4n) is 2.24. The maximum absolute atomic E-state index is 12.3. The molecule has 0 aliphatic heterocycles. The Kier molecular flexibility index (Phi) is 4.20. The van der Waals surface area contributed by atoms with Crippen molar-refractivity contribution in [2.24, 2.45) is 0 Å². The van der Waals surface area contributed by atoms with Crippen molar-refractivity contribution in [3.63, 3.8) is 0 Å². The van der Waals surface area contributed by atoms with Crippen LogP contribution in [0.3, 0.4) is 0 Å². The van der Waals surface area contributed by atoms with E-state index in [4.69, 9.17) is 13.9 Å². The molecule has 0 fully saturated rings. The van der Waals surface area contributed by atoms with Crippen LogP contribution >= 0.6 is 0 Å². The molecule has 3 aromatic rings. The molecule has 1 amide bonds. The second-order valence-corrected chi connectivity index (χ2v) is 5.02. The molecule has 1 N–H and O–H groups in total. The van der Waals surface area contributed by atoms with Crippen molar-refractivity contribution >= 4 is 22.6 Å². The lowest BCUT2D eigenvalue weighted by molar-refractivity contribution is 0.0997. The predicted molar refractivity (Wildman–Crippen MR) is 90.0 cm³/mol. The van der Waals surface area contributed by atoms with Gasteiger partial charge in [0.1, 0.15) is 17.1 Å². The summed E-state index contributed by atoms with van der Waals surface area (Å²) >= 11 is 0. The standard InChI is InChI=1S/C18H15NO5/c1-22-12-5-3-11(4-6-12)19-18(21)17-10-15(20)14-9-13(23-2)7-8-16(14)24-17/h3-10H,1-2H3,(H,19,21). The maximum atomic E-state index is 12.3. The Morgan fingerprint density at radius 1 is 0.958 bits per heavy atom. The Morgan fingerprint density at radius 2 is 1.62 bits per heavy atom. The number of ether oxygens (including phenoxy) is 2. The first-order valence-corrected chi connectivity index (χ1v) is 7.18. The first-order valence-electron chi connectivity index (χ1n) is 7.18. The zero-order valence-corrected chi connectivity index (χ0v) is 13.2. The minimum Gasteiger partial charge on any atom is -0.497 e. The lowest BCUT2D eigenvalue weighted by atomic mass is 10.2. The highest BCUT2D eigenvalue weighted by molar-refractivity contribution is 6.03. The Labute approximate surface area is 137 Å². The highest BCUT2D eigenvalue weighted by Gasteiger charge is 2.13. The van der Waals surface area contributed by atoms with E-state index >= 15 is 0 Å². The molecule has 3 rings (SSSR count). The van der Waals surface area contributed by atoms with Crippen molar-refractivity contribution in [2.75, 3.05) is 19.5 Å². The van der Waals surface area contributed by atoms with Crippen LogP contribution in [0.25, 0.3) is 11.0 Å². The fourth-order valence-corrected chi connectivity index (χ4v) is 2.24. The average molecular weight is 325 g/mol. The Hall–Kier alpha value is -3.28. The predicted octanol–water partition coefficient (Wildman–Crippen LogP) is 3.06. The molecule has 122 valence electrons. The van der Waals surface area contributed by atoms with E-state index in [2.05, 4.69) is 5.32 Å². The third-order valence-corrected chi connectivity index (χ3v) is 3.51. The van der Waals surface area contributed by atoms with Crippen LogP contribution in [0.4, 0.5) is 5.69 Å². The van der Waals surface area contributed by atoms with Gasteiger partial charge in [0, 0.05) is 11.8 Å². The third-order valence-electron chi connectivity index (χ3n) is 3.51. The van der Waals surface area contributed by atoms with E-state index in [9.17, 15) is 9.59 Å². The summed E-state index contributed by atoms with van der Waals surface area (Å²) in [4.78, 5) is 24.5. The van der Waals surface area contributed by atoms with Gasteiger partial charge in [-0.05, 0) is 42.5 Å². The van der Waals surface area contributed by atoms with Crippen LogP contribution in [0.15, 0.2) is 57.7 Å². The number of methoxy groups -OCH3 is 2. The van der Waals surface area contributed by atoms with E-state index in [1.165, 1.54) is 13.2 Å². The average Bonchev–Trinajstić information content (AvgIpc) is 2.62. The molecule has 24 heavy (non-hydrogen) atoms. The summed E-state index contributed by atoms with van der Waals surface area (Å²) in [5.74, 6) is 0.660. The van der Waals surface area contributed by atoms with E-state index in [-0.39, 0.29) is 11.2 Å². The van der Waals surface area contributed by atoms with Crippen LogP contribution in [-0.4, -0.2) is 20.1 Å². The van der Waals surface area contributed by atoms with E-state index in [0.29, 0.717) is 28.2 Å². The van der Waals surface area contributed by atoms with Gasteiger partial charge in [-0.1, -0.05) is 0 Å². The quantitative estimate of drug-likeness (QED) is 0.797. The van der Waals surface area contributed by atoms with Crippen LogP contribution in [-0.2, 0) is 0 Å². The summed E-state index contributed by atoms with van der Waals surface area (Å²) in [7, 11) is 3.08. The zero-order valence-electron chi connectivity index (χ0n) is 13.2. The van der Waals surface area contributed by atoms with E-state index in [0.717, 1.165) is 0 Å². The van der Waals surface area contributed by atoms with Crippen molar-refractivity contribution in [1.82, 2.24) is 0 Å². The maximum Gasteiger partial charge on any atom is 0.291 e. The lowest BCUT2D eigenvalue weighted by Crippen LogP contribution is -2.15. The highest BCUT2D eigenvalue weighted by atomic mass is 16.5. The fraction of sp³-hybridized carbons (Fsp3) is 0.111. The second kappa shape index (κ2) is 6.45. The molecule has 1 aromatic heterocycles. The largest absolute Gasteiger partial charge is 0.497 e. The van der Waals surface area contributed by atoms with Gasteiger partial charge in [-0.2, -0.15) is 0 Å². The van der Waals surface area contributed by atoms with Gasteiger partial charge in [-0.25, -0.2) is 0 Å². The van der Waals surface area contributed by atoms with Crippen LogP contribution < -0.4 is 20.2 Å². The molecule has 2 aromatic carbocycles. The number of fused-ring (bicyclic) bond motifs is 1. The van der Waals surface area contributed by atoms with Gasteiger partial charge < -0.3 is 19.2 Å². The molecule has 6 nitrogen and oxygen atoms in total. The van der Waals surface area contributed by atoms with Crippen LogP contribution in [0.2, 0.25) is 0 Å². The van der Waals surface area contributed by atoms with Crippen LogP contribution in [0.1, 0.15) is 10.6 Å². The molecule has 0 radical (unpaired) electrons. The summed E-state index contributed by atoms with van der Waals surface area (Å²) in [5.41, 5.74) is 0.580. The number of carbonyl (C=O) groups is 1. The normalized spacial score (nSPS) is 10.4. The van der Waals surface area contributed by atoms with Gasteiger partial charge in [-0.3, -0.25) is 9.59 Å². The number of benzene rings is 2. The Balaban J connectivity index is 1.90. The summed E-state index contributed by atoms with van der Waals surface area (Å²) in [6.45, 7) is 0. The first-order chi connectivity index (χ1) is 11.6. The minimum atomic E-state index is -0.505. The van der Waals surface area contributed by atoms with Gasteiger partial charge in [0.05, 0.1) is 19.6 Å². The van der Waals surface area contributed by atoms with E-state index < -0.39 is 5.91 Å². The number of amides is 1. The molecule has 0 spiro atoms. The Bertz CT molecular complexity index is 944. The van der Waals surface area contributed by atoms with Crippen LogP contribution in [0.5, 0.6) is 11.5 Å². The third kappa shape index (κ3) is 3.08. The molecule has 0 unspecified atom stereocenters. The number of nitrogens with one attached hydrogen (secondary N) is 1. The molecule has 0 aliphatic rings. The molecule has 0 atom stereocenters. The smallest absolute Gasteiger partial charge is 0.291 e. The van der Waals surface area contributed by atoms with Gasteiger partial charge in [0.25, 0.3) is 5.91 Å². The van der Waals surface area contributed by atoms with Crippen molar-refractivity contribution in [1.29, 1.82) is 0 Å². The van der Waals surface area contributed by atoms with Gasteiger partial charge in [-0.15, -0.1) is 0 Å². The molecule has 0 saturated carbocycles.